The molecule has 2 aromatic carbocycles. The first-order valence-electron chi connectivity index (χ1n) is 14.0. The van der Waals surface area contributed by atoms with Crippen LogP contribution in [0.25, 0.3) is 16.8 Å². The number of nitrogens with one attached hydrogen (secondary N) is 3. The van der Waals surface area contributed by atoms with E-state index in [1.807, 2.05) is 36.4 Å². The lowest BCUT2D eigenvalue weighted by Gasteiger charge is -2.33. The molecule has 4 rings (SSSR count). The number of ether oxygens (including phenoxy) is 2. The van der Waals surface area contributed by atoms with Crippen LogP contribution in [-0.2, 0) is 23.9 Å². The molecule has 0 radical (unpaired) electrons. The van der Waals surface area contributed by atoms with Crippen LogP contribution in [0.15, 0.2) is 41.3 Å². The van der Waals surface area contributed by atoms with Crippen molar-refractivity contribution in [3.05, 3.63) is 46.9 Å². The quantitative estimate of drug-likeness (QED) is 0.153. The summed E-state index contributed by atoms with van der Waals surface area (Å²) in [4.78, 5) is 59.6. The van der Waals surface area contributed by atoms with E-state index in [4.69, 9.17) is 9.47 Å². The highest BCUT2D eigenvalue weighted by Gasteiger charge is 2.38. The first-order chi connectivity index (χ1) is 20.3. The zero-order valence-corrected chi connectivity index (χ0v) is 24.2. The Balaban J connectivity index is 1.17. The van der Waals surface area contributed by atoms with Gasteiger partial charge in [-0.1, -0.05) is 30.3 Å². The molecule has 3 unspecified atom stereocenters. The number of carbonyl (C=O) groups is 5. The predicted molar refractivity (Wildman–Crippen MR) is 158 cm³/mol. The summed E-state index contributed by atoms with van der Waals surface area (Å²) < 4.78 is 10.7. The normalized spacial score (nSPS) is 21.3. The van der Waals surface area contributed by atoms with Crippen LogP contribution in [0.4, 0.5) is 4.79 Å². The lowest BCUT2D eigenvalue weighted by molar-refractivity contribution is -0.151. The largest absolute Gasteiger partial charge is 0.493 e. The maximum absolute atomic E-state index is 12.3. The Kier molecular flexibility index (Phi) is 11.0. The van der Waals surface area contributed by atoms with Gasteiger partial charge in [0.2, 0.25) is 5.91 Å². The van der Waals surface area contributed by atoms with E-state index in [9.17, 15) is 29.1 Å². The fraction of sp³-hybridized carbons (Fsp3) is 0.433. The van der Waals surface area contributed by atoms with Crippen molar-refractivity contribution in [3.8, 4) is 5.75 Å². The molecule has 4 N–H and O–H groups in total. The Morgan fingerprint density at radius 3 is 2.57 bits per heavy atom. The molecule has 2 fully saturated rings. The minimum atomic E-state index is -0.923. The van der Waals surface area contributed by atoms with Crippen molar-refractivity contribution >= 4 is 57.6 Å². The van der Waals surface area contributed by atoms with Gasteiger partial charge < -0.3 is 25.2 Å². The molecule has 1 saturated carbocycles. The number of fused-ring (bicyclic) bond motifs is 1. The van der Waals surface area contributed by atoms with Crippen molar-refractivity contribution < 1.29 is 38.6 Å². The monoisotopic (exact) mass is 597 g/mol. The SMILES string of the molecule is COC(=O)C1CCC(NCCCNC(=O)CCCOc2ccc(C=C3SC(=O)NC3=O)c3ccccc23)C(C(=O)O)C1. The average molecular weight is 598 g/mol. The van der Waals surface area contributed by atoms with E-state index >= 15 is 0 Å². The summed E-state index contributed by atoms with van der Waals surface area (Å²) in [6.07, 6.45) is 4.59. The van der Waals surface area contributed by atoms with E-state index in [-0.39, 0.29) is 35.5 Å². The van der Waals surface area contributed by atoms with Gasteiger partial charge >= 0.3 is 11.9 Å². The van der Waals surface area contributed by atoms with E-state index in [0.717, 1.165) is 28.1 Å². The average Bonchev–Trinajstić information content (AvgIpc) is 3.31. The lowest BCUT2D eigenvalue weighted by Crippen LogP contribution is -2.46. The Hall–Kier alpha value is -3.90. The van der Waals surface area contributed by atoms with Crippen LogP contribution in [0.3, 0.4) is 0 Å². The number of aliphatic carboxylic acids is 1. The van der Waals surface area contributed by atoms with Gasteiger partial charge in [-0.25, -0.2) is 0 Å². The number of carboxylic acid groups (broad SMARTS) is 1. The number of esters is 1. The number of methoxy groups -OCH3 is 1. The first-order valence-corrected chi connectivity index (χ1v) is 14.8. The van der Waals surface area contributed by atoms with Crippen molar-refractivity contribution in [3.63, 3.8) is 0 Å². The molecule has 0 spiro atoms. The Labute approximate surface area is 247 Å². The van der Waals surface area contributed by atoms with Crippen LogP contribution in [0.5, 0.6) is 5.75 Å². The molecule has 224 valence electrons. The number of hydrogen-bond donors (Lipinski definition) is 4. The van der Waals surface area contributed by atoms with Crippen LogP contribution in [-0.4, -0.2) is 66.9 Å². The summed E-state index contributed by atoms with van der Waals surface area (Å²) in [6.45, 7) is 1.36. The third-order valence-electron chi connectivity index (χ3n) is 7.44. The van der Waals surface area contributed by atoms with Crippen LogP contribution in [0.2, 0.25) is 0 Å². The van der Waals surface area contributed by atoms with E-state index in [2.05, 4.69) is 16.0 Å². The van der Waals surface area contributed by atoms with E-state index in [1.165, 1.54) is 7.11 Å². The number of imide groups is 1. The molecule has 1 saturated heterocycles. The molecule has 3 atom stereocenters. The molecule has 0 aromatic heterocycles. The summed E-state index contributed by atoms with van der Waals surface area (Å²) in [6, 6.07) is 11.1. The third kappa shape index (κ3) is 8.10. The van der Waals surface area contributed by atoms with E-state index in [1.54, 1.807) is 6.08 Å². The summed E-state index contributed by atoms with van der Waals surface area (Å²) in [5.74, 6) is -2.15. The molecular weight excluding hydrogens is 562 g/mol. The number of hydrogen-bond acceptors (Lipinski definition) is 9. The molecule has 1 heterocycles. The molecular formula is C30H35N3O8S. The topological polar surface area (TPSA) is 160 Å². The van der Waals surface area contributed by atoms with Gasteiger partial charge in [-0.15, -0.1) is 0 Å². The van der Waals surface area contributed by atoms with Crippen molar-refractivity contribution in [2.75, 3.05) is 26.8 Å². The first kappa shape index (κ1) is 31.0. The van der Waals surface area contributed by atoms with Crippen LogP contribution in [0.1, 0.15) is 44.1 Å². The van der Waals surface area contributed by atoms with E-state index < -0.39 is 17.8 Å². The summed E-state index contributed by atoms with van der Waals surface area (Å²) >= 11 is 0.871. The van der Waals surface area contributed by atoms with Gasteiger partial charge in [-0.3, -0.25) is 29.3 Å². The Morgan fingerprint density at radius 1 is 1.07 bits per heavy atom. The molecule has 1 aliphatic carbocycles. The van der Waals surface area contributed by atoms with Crippen molar-refractivity contribution in [2.24, 2.45) is 11.8 Å². The smallest absolute Gasteiger partial charge is 0.308 e. The van der Waals surface area contributed by atoms with Crippen molar-refractivity contribution in [1.82, 2.24) is 16.0 Å². The molecule has 0 bridgehead atoms. The zero-order valence-electron chi connectivity index (χ0n) is 23.4. The predicted octanol–water partition coefficient (Wildman–Crippen LogP) is 3.46. The molecule has 2 aromatic rings. The summed E-state index contributed by atoms with van der Waals surface area (Å²) in [5.41, 5.74) is 0.798. The highest BCUT2D eigenvalue weighted by molar-refractivity contribution is 8.18. The highest BCUT2D eigenvalue weighted by atomic mass is 32.2. The number of carboxylic acids is 1. The molecule has 42 heavy (non-hydrogen) atoms. The zero-order chi connectivity index (χ0) is 30.1. The van der Waals surface area contributed by atoms with Crippen molar-refractivity contribution in [1.29, 1.82) is 0 Å². The lowest BCUT2D eigenvalue weighted by atomic mass is 9.78. The number of thioether (sulfide) groups is 1. The minimum absolute atomic E-state index is 0.0886. The number of rotatable bonds is 13. The second-order valence-corrected chi connectivity index (χ2v) is 11.3. The fourth-order valence-electron chi connectivity index (χ4n) is 5.28. The minimum Gasteiger partial charge on any atom is -0.493 e. The van der Waals surface area contributed by atoms with Gasteiger partial charge in [0.1, 0.15) is 5.75 Å². The maximum atomic E-state index is 12.3. The third-order valence-corrected chi connectivity index (χ3v) is 8.25. The highest BCUT2D eigenvalue weighted by Crippen LogP contribution is 2.33. The second kappa shape index (κ2) is 14.8. The summed E-state index contributed by atoms with van der Waals surface area (Å²) in [7, 11) is 1.31. The second-order valence-electron chi connectivity index (χ2n) is 10.2. The van der Waals surface area contributed by atoms with Gasteiger partial charge in [-0.05, 0) is 73.5 Å². The Bertz CT molecular complexity index is 1380. The van der Waals surface area contributed by atoms with Gasteiger partial charge in [0.25, 0.3) is 11.1 Å². The van der Waals surface area contributed by atoms with Crippen molar-refractivity contribution in [2.45, 2.75) is 44.6 Å². The van der Waals surface area contributed by atoms with Gasteiger partial charge in [-0.2, -0.15) is 0 Å². The molecule has 12 heteroatoms. The van der Waals surface area contributed by atoms with Crippen LogP contribution >= 0.6 is 11.8 Å². The maximum Gasteiger partial charge on any atom is 0.308 e. The van der Waals surface area contributed by atoms with E-state index in [0.29, 0.717) is 62.5 Å². The fourth-order valence-corrected chi connectivity index (χ4v) is 5.96. The Morgan fingerprint density at radius 2 is 1.86 bits per heavy atom. The standard InChI is InChI=1S/C30H35N3O8S/c1-40-29(38)19-9-11-23(22(16-19)28(36)37)31-13-5-14-32-26(34)8-4-15-41-24-12-10-18(20-6-2-3-7-21(20)24)17-25-27(35)33-30(39)42-25/h2-3,6-7,10,12,17,19,22-23,31H,4-5,8-9,11,13-16H2,1H3,(H,32,34)(H,36,37)(H,33,35,39). The van der Waals surface area contributed by atoms with Gasteiger partial charge in [0.05, 0.1) is 30.5 Å². The van der Waals surface area contributed by atoms with Crippen LogP contribution < -0.4 is 20.7 Å². The summed E-state index contributed by atoms with van der Waals surface area (Å²) in [5, 5.41) is 19.4. The number of carbonyl (C=O) groups excluding carboxylic acids is 4. The van der Waals surface area contributed by atoms with Gasteiger partial charge in [0, 0.05) is 24.4 Å². The molecule has 1 aliphatic heterocycles. The van der Waals surface area contributed by atoms with Crippen LogP contribution in [0, 0.1) is 11.8 Å². The number of benzene rings is 2. The molecule has 2 aliphatic rings. The van der Waals surface area contributed by atoms with Gasteiger partial charge in [0.15, 0.2) is 0 Å². The molecule has 3 amide bonds. The molecule has 11 nitrogen and oxygen atoms in total. The number of amides is 3.